The van der Waals surface area contributed by atoms with Crippen molar-refractivity contribution in [3.05, 3.63) is 28.8 Å². The van der Waals surface area contributed by atoms with Crippen molar-refractivity contribution in [3.63, 3.8) is 0 Å². The standard InChI is InChI=1S/C12H15ClO3/c1-3-15-6-7-16-12-5-4-10(13)8-11(12)9(2)14/h4-5,8H,3,6-7H2,1-2H3. The first-order valence-electron chi connectivity index (χ1n) is 5.16. The largest absolute Gasteiger partial charge is 0.490 e. The van der Waals surface area contributed by atoms with Crippen LogP contribution >= 0.6 is 11.6 Å². The second kappa shape index (κ2) is 6.51. The number of carbonyl (C=O) groups excluding carboxylic acids is 1. The number of carbonyl (C=O) groups is 1. The fourth-order valence-corrected chi connectivity index (χ4v) is 1.43. The van der Waals surface area contributed by atoms with Crippen LogP contribution in [0.25, 0.3) is 0 Å². The Morgan fingerprint density at radius 2 is 2.12 bits per heavy atom. The molecule has 3 nitrogen and oxygen atoms in total. The monoisotopic (exact) mass is 242 g/mol. The van der Waals surface area contributed by atoms with Crippen LogP contribution in [0.3, 0.4) is 0 Å². The quantitative estimate of drug-likeness (QED) is 0.568. The van der Waals surface area contributed by atoms with Gasteiger partial charge in [0.05, 0.1) is 12.2 Å². The highest BCUT2D eigenvalue weighted by Gasteiger charge is 2.08. The van der Waals surface area contributed by atoms with Gasteiger partial charge in [-0.1, -0.05) is 11.6 Å². The fraction of sp³-hybridized carbons (Fsp3) is 0.417. The molecular formula is C12H15ClO3. The number of benzene rings is 1. The molecule has 1 rings (SSSR count). The average Bonchev–Trinajstić information content (AvgIpc) is 2.26. The van der Waals surface area contributed by atoms with Crippen LogP contribution in [-0.4, -0.2) is 25.6 Å². The Hall–Kier alpha value is -1.06. The molecule has 0 aliphatic heterocycles. The molecule has 0 N–H and O–H groups in total. The van der Waals surface area contributed by atoms with Crippen LogP contribution in [0.1, 0.15) is 24.2 Å². The third-order valence-corrected chi connectivity index (χ3v) is 2.25. The van der Waals surface area contributed by atoms with Gasteiger partial charge in [-0.15, -0.1) is 0 Å². The molecule has 0 unspecified atom stereocenters. The summed E-state index contributed by atoms with van der Waals surface area (Å²) in [5.41, 5.74) is 0.504. The first-order chi connectivity index (χ1) is 7.65. The van der Waals surface area contributed by atoms with Gasteiger partial charge in [0, 0.05) is 11.6 Å². The summed E-state index contributed by atoms with van der Waals surface area (Å²) >= 11 is 5.81. The summed E-state index contributed by atoms with van der Waals surface area (Å²) in [6.45, 7) is 5.00. The molecular weight excluding hydrogens is 228 g/mol. The van der Waals surface area contributed by atoms with E-state index in [4.69, 9.17) is 21.1 Å². The highest BCUT2D eigenvalue weighted by atomic mass is 35.5. The maximum Gasteiger partial charge on any atom is 0.163 e. The predicted octanol–water partition coefficient (Wildman–Crippen LogP) is 2.96. The molecule has 16 heavy (non-hydrogen) atoms. The Bertz CT molecular complexity index is 363. The van der Waals surface area contributed by atoms with Gasteiger partial charge in [0.2, 0.25) is 0 Å². The van der Waals surface area contributed by atoms with Crippen LogP contribution in [0.5, 0.6) is 5.75 Å². The van der Waals surface area contributed by atoms with Crippen LogP contribution in [0.2, 0.25) is 5.02 Å². The molecule has 0 bridgehead atoms. The number of Topliss-reactive ketones (excluding diaryl/α,β-unsaturated/α-hetero) is 1. The second-order valence-corrected chi connectivity index (χ2v) is 3.68. The Morgan fingerprint density at radius 3 is 2.75 bits per heavy atom. The first-order valence-corrected chi connectivity index (χ1v) is 5.54. The molecule has 0 fully saturated rings. The number of ether oxygens (including phenoxy) is 2. The van der Waals surface area contributed by atoms with Gasteiger partial charge in [-0.2, -0.15) is 0 Å². The Kier molecular flexibility index (Phi) is 5.29. The lowest BCUT2D eigenvalue weighted by atomic mass is 10.1. The molecule has 0 heterocycles. The van der Waals surface area contributed by atoms with Gasteiger partial charge >= 0.3 is 0 Å². The third-order valence-electron chi connectivity index (χ3n) is 2.01. The zero-order chi connectivity index (χ0) is 12.0. The molecule has 0 spiro atoms. The molecule has 0 saturated carbocycles. The normalized spacial score (nSPS) is 10.2. The number of hydrogen-bond acceptors (Lipinski definition) is 3. The minimum absolute atomic E-state index is 0.0612. The van der Waals surface area contributed by atoms with Gasteiger partial charge in [-0.05, 0) is 32.0 Å². The van der Waals surface area contributed by atoms with E-state index in [1.807, 2.05) is 6.92 Å². The van der Waals surface area contributed by atoms with E-state index in [1.54, 1.807) is 18.2 Å². The lowest BCUT2D eigenvalue weighted by Crippen LogP contribution is -2.08. The van der Waals surface area contributed by atoms with Crippen molar-refractivity contribution in [3.8, 4) is 5.75 Å². The van der Waals surface area contributed by atoms with E-state index in [1.165, 1.54) is 6.92 Å². The van der Waals surface area contributed by atoms with Crippen LogP contribution in [0.4, 0.5) is 0 Å². The van der Waals surface area contributed by atoms with Crippen LogP contribution in [0.15, 0.2) is 18.2 Å². The molecule has 0 aliphatic rings. The van der Waals surface area contributed by atoms with Gasteiger partial charge in [0.25, 0.3) is 0 Å². The van der Waals surface area contributed by atoms with E-state index in [0.717, 1.165) is 0 Å². The second-order valence-electron chi connectivity index (χ2n) is 3.24. The van der Waals surface area contributed by atoms with Gasteiger partial charge in [0.1, 0.15) is 12.4 Å². The van der Waals surface area contributed by atoms with Gasteiger partial charge < -0.3 is 9.47 Å². The summed E-state index contributed by atoms with van der Waals surface area (Å²) in [6.07, 6.45) is 0. The van der Waals surface area contributed by atoms with E-state index in [0.29, 0.717) is 36.2 Å². The maximum absolute atomic E-state index is 11.3. The molecule has 88 valence electrons. The molecule has 0 saturated heterocycles. The molecule has 0 aliphatic carbocycles. The topological polar surface area (TPSA) is 35.5 Å². The van der Waals surface area contributed by atoms with E-state index >= 15 is 0 Å². The van der Waals surface area contributed by atoms with Gasteiger partial charge in [-0.3, -0.25) is 4.79 Å². The third kappa shape index (κ3) is 3.83. The summed E-state index contributed by atoms with van der Waals surface area (Å²) in [5, 5.41) is 0.530. The van der Waals surface area contributed by atoms with Crippen LogP contribution in [-0.2, 0) is 4.74 Å². The van der Waals surface area contributed by atoms with Crippen molar-refractivity contribution in [2.45, 2.75) is 13.8 Å². The van der Waals surface area contributed by atoms with Crippen molar-refractivity contribution in [2.24, 2.45) is 0 Å². The zero-order valence-electron chi connectivity index (χ0n) is 9.46. The first kappa shape index (κ1) is 13.0. The molecule has 0 atom stereocenters. The summed E-state index contributed by atoms with van der Waals surface area (Å²) in [5.74, 6) is 0.491. The lowest BCUT2D eigenvalue weighted by Gasteiger charge is -2.09. The minimum atomic E-state index is -0.0612. The molecule has 1 aromatic rings. The van der Waals surface area contributed by atoms with E-state index in [9.17, 15) is 4.79 Å². The highest BCUT2D eigenvalue weighted by molar-refractivity contribution is 6.31. The van der Waals surface area contributed by atoms with Crippen molar-refractivity contribution in [1.29, 1.82) is 0 Å². The molecule has 0 aromatic heterocycles. The van der Waals surface area contributed by atoms with E-state index in [2.05, 4.69) is 0 Å². The van der Waals surface area contributed by atoms with Gasteiger partial charge in [-0.25, -0.2) is 0 Å². The number of rotatable bonds is 6. The Balaban J connectivity index is 2.67. The smallest absolute Gasteiger partial charge is 0.163 e. The SMILES string of the molecule is CCOCCOc1ccc(Cl)cc1C(C)=O. The van der Waals surface area contributed by atoms with Gasteiger partial charge in [0.15, 0.2) is 5.78 Å². The molecule has 1 aromatic carbocycles. The van der Waals surface area contributed by atoms with Crippen molar-refractivity contribution >= 4 is 17.4 Å². The molecule has 4 heteroatoms. The summed E-state index contributed by atoms with van der Waals surface area (Å²) < 4.78 is 10.6. The predicted molar refractivity (Wildman–Crippen MR) is 63.4 cm³/mol. The summed E-state index contributed by atoms with van der Waals surface area (Å²) in [7, 11) is 0. The number of hydrogen-bond donors (Lipinski definition) is 0. The van der Waals surface area contributed by atoms with Crippen LogP contribution in [0, 0.1) is 0 Å². The van der Waals surface area contributed by atoms with E-state index < -0.39 is 0 Å². The molecule has 0 amide bonds. The minimum Gasteiger partial charge on any atom is -0.490 e. The lowest BCUT2D eigenvalue weighted by molar-refractivity contribution is 0.0990. The Morgan fingerprint density at radius 1 is 1.38 bits per heavy atom. The zero-order valence-corrected chi connectivity index (χ0v) is 10.2. The highest BCUT2D eigenvalue weighted by Crippen LogP contribution is 2.23. The van der Waals surface area contributed by atoms with E-state index in [-0.39, 0.29) is 5.78 Å². The average molecular weight is 243 g/mol. The number of halogens is 1. The van der Waals surface area contributed by atoms with Crippen LogP contribution < -0.4 is 4.74 Å². The van der Waals surface area contributed by atoms with Crippen molar-refractivity contribution < 1.29 is 14.3 Å². The fourth-order valence-electron chi connectivity index (χ4n) is 1.26. The van der Waals surface area contributed by atoms with Crippen molar-refractivity contribution in [1.82, 2.24) is 0 Å². The Labute approximate surface area is 100 Å². The summed E-state index contributed by atoms with van der Waals surface area (Å²) in [6, 6.07) is 5.01. The van der Waals surface area contributed by atoms with Crippen molar-refractivity contribution in [2.75, 3.05) is 19.8 Å². The maximum atomic E-state index is 11.3. The molecule has 0 radical (unpaired) electrons. The number of ketones is 1. The summed E-state index contributed by atoms with van der Waals surface area (Å²) in [4.78, 5) is 11.3.